The van der Waals surface area contributed by atoms with Crippen molar-refractivity contribution < 1.29 is 14.1 Å². The maximum atomic E-state index is 12.4. The fourth-order valence-electron chi connectivity index (χ4n) is 2.85. The minimum atomic E-state index is -0.148. The summed E-state index contributed by atoms with van der Waals surface area (Å²) < 4.78 is 4.95. The zero-order chi connectivity index (χ0) is 17.8. The van der Waals surface area contributed by atoms with Crippen molar-refractivity contribution in [2.24, 2.45) is 0 Å². The summed E-state index contributed by atoms with van der Waals surface area (Å²) in [6.07, 6.45) is 1.14. The Balaban J connectivity index is 1.47. The van der Waals surface area contributed by atoms with E-state index in [1.54, 1.807) is 17.9 Å². The summed E-state index contributed by atoms with van der Waals surface area (Å²) in [6, 6.07) is 9.17. The molecule has 1 aromatic carbocycles. The zero-order valence-electron chi connectivity index (χ0n) is 14.1. The topological polar surface area (TPSA) is 66.7 Å². The van der Waals surface area contributed by atoms with Gasteiger partial charge in [0.2, 0.25) is 5.91 Å². The second-order valence-corrected chi connectivity index (χ2v) is 6.56. The summed E-state index contributed by atoms with van der Waals surface area (Å²) in [5.74, 6) is 0.573. The van der Waals surface area contributed by atoms with Gasteiger partial charge in [0, 0.05) is 43.7 Å². The number of halogens is 1. The number of carbonyl (C=O) groups excluding carboxylic acids is 2. The van der Waals surface area contributed by atoms with Crippen molar-refractivity contribution in [2.45, 2.75) is 19.8 Å². The van der Waals surface area contributed by atoms with E-state index in [1.165, 1.54) is 0 Å². The van der Waals surface area contributed by atoms with Crippen molar-refractivity contribution in [3.63, 3.8) is 0 Å². The molecule has 1 aliphatic rings. The molecule has 0 atom stereocenters. The predicted molar refractivity (Wildman–Crippen MR) is 93.5 cm³/mol. The smallest absolute Gasteiger partial charge is 0.276 e. The first-order valence-corrected chi connectivity index (χ1v) is 8.65. The van der Waals surface area contributed by atoms with E-state index in [9.17, 15) is 9.59 Å². The van der Waals surface area contributed by atoms with E-state index in [4.69, 9.17) is 16.1 Å². The minimum absolute atomic E-state index is 0.110. The molecule has 6 nitrogen and oxygen atoms in total. The van der Waals surface area contributed by atoms with Gasteiger partial charge in [0.15, 0.2) is 5.69 Å². The Morgan fingerprint density at radius 2 is 1.76 bits per heavy atom. The van der Waals surface area contributed by atoms with Gasteiger partial charge in [-0.05, 0) is 31.0 Å². The lowest BCUT2D eigenvalue weighted by Gasteiger charge is -2.34. The van der Waals surface area contributed by atoms with Gasteiger partial charge in [-0.15, -0.1) is 0 Å². The number of carbonyl (C=O) groups is 2. The normalized spacial score (nSPS) is 14.6. The molecule has 2 heterocycles. The maximum Gasteiger partial charge on any atom is 0.276 e. The number of amides is 2. The van der Waals surface area contributed by atoms with Crippen LogP contribution in [-0.2, 0) is 11.2 Å². The van der Waals surface area contributed by atoms with Gasteiger partial charge in [0.05, 0.1) is 0 Å². The minimum Gasteiger partial charge on any atom is -0.361 e. The van der Waals surface area contributed by atoms with E-state index in [1.807, 2.05) is 29.2 Å². The molecule has 0 radical (unpaired) electrons. The Morgan fingerprint density at radius 1 is 1.12 bits per heavy atom. The standard InChI is InChI=1S/C18H20ClN3O3/c1-13-12-16(20-25-13)18(24)22-10-8-21(9-11-22)17(23)7-4-14-2-5-15(19)6-3-14/h2-3,5-6,12H,4,7-11H2,1H3. The lowest BCUT2D eigenvalue weighted by atomic mass is 10.1. The molecule has 7 heteroatoms. The number of rotatable bonds is 4. The lowest BCUT2D eigenvalue weighted by molar-refractivity contribution is -0.132. The highest BCUT2D eigenvalue weighted by atomic mass is 35.5. The van der Waals surface area contributed by atoms with Crippen LogP contribution < -0.4 is 0 Å². The van der Waals surface area contributed by atoms with Crippen molar-refractivity contribution in [2.75, 3.05) is 26.2 Å². The molecule has 0 unspecified atom stereocenters. The summed E-state index contributed by atoms with van der Waals surface area (Å²) in [7, 11) is 0. The summed E-state index contributed by atoms with van der Waals surface area (Å²) in [5, 5.41) is 4.45. The molecule has 25 heavy (non-hydrogen) atoms. The van der Waals surface area contributed by atoms with Crippen molar-refractivity contribution in [3.05, 3.63) is 52.4 Å². The van der Waals surface area contributed by atoms with Crippen molar-refractivity contribution >= 4 is 23.4 Å². The first-order chi connectivity index (χ1) is 12.0. The van der Waals surface area contributed by atoms with E-state index in [2.05, 4.69) is 5.16 Å². The van der Waals surface area contributed by atoms with E-state index in [0.29, 0.717) is 55.5 Å². The van der Waals surface area contributed by atoms with E-state index in [-0.39, 0.29) is 11.8 Å². The van der Waals surface area contributed by atoms with Crippen molar-refractivity contribution in [1.82, 2.24) is 15.0 Å². The summed E-state index contributed by atoms with van der Waals surface area (Å²) in [4.78, 5) is 28.2. The molecule has 0 spiro atoms. The molecule has 1 aliphatic heterocycles. The zero-order valence-corrected chi connectivity index (χ0v) is 14.8. The van der Waals surface area contributed by atoms with Crippen LogP contribution in [0.1, 0.15) is 28.2 Å². The third-order valence-electron chi connectivity index (χ3n) is 4.31. The monoisotopic (exact) mass is 361 g/mol. The fourth-order valence-corrected chi connectivity index (χ4v) is 2.97. The van der Waals surface area contributed by atoms with Crippen LogP contribution in [0.15, 0.2) is 34.9 Å². The molecule has 1 fully saturated rings. The lowest BCUT2D eigenvalue weighted by Crippen LogP contribution is -2.50. The number of aromatic nitrogens is 1. The van der Waals surface area contributed by atoms with Crippen LogP contribution in [0.25, 0.3) is 0 Å². The Kier molecular flexibility index (Phi) is 5.38. The fraction of sp³-hybridized carbons (Fsp3) is 0.389. The summed E-state index contributed by atoms with van der Waals surface area (Å²) >= 11 is 5.86. The molecule has 3 rings (SSSR count). The third-order valence-corrected chi connectivity index (χ3v) is 4.56. The summed E-state index contributed by atoms with van der Waals surface area (Å²) in [5.41, 5.74) is 1.41. The molecule has 132 valence electrons. The van der Waals surface area contributed by atoms with Crippen LogP contribution in [0.2, 0.25) is 5.02 Å². The molecular weight excluding hydrogens is 342 g/mol. The van der Waals surface area contributed by atoms with Crippen LogP contribution in [-0.4, -0.2) is 52.9 Å². The average molecular weight is 362 g/mol. The van der Waals surface area contributed by atoms with Gasteiger partial charge in [-0.25, -0.2) is 0 Å². The Bertz CT molecular complexity index is 749. The molecular formula is C18H20ClN3O3. The number of benzene rings is 1. The number of nitrogens with zero attached hydrogens (tertiary/aromatic N) is 3. The van der Waals surface area contributed by atoms with Crippen LogP contribution in [0, 0.1) is 6.92 Å². The number of hydrogen-bond donors (Lipinski definition) is 0. The van der Waals surface area contributed by atoms with Crippen LogP contribution in [0.5, 0.6) is 0 Å². The van der Waals surface area contributed by atoms with Crippen LogP contribution in [0.3, 0.4) is 0 Å². The highest BCUT2D eigenvalue weighted by Gasteiger charge is 2.26. The Labute approximate surface area is 151 Å². The average Bonchev–Trinajstić information content (AvgIpc) is 3.07. The molecule has 1 saturated heterocycles. The number of piperazine rings is 1. The summed E-state index contributed by atoms with van der Waals surface area (Å²) in [6.45, 7) is 3.86. The Hall–Kier alpha value is -2.34. The Morgan fingerprint density at radius 3 is 2.36 bits per heavy atom. The highest BCUT2D eigenvalue weighted by Crippen LogP contribution is 2.13. The first-order valence-electron chi connectivity index (χ1n) is 8.28. The quantitative estimate of drug-likeness (QED) is 0.839. The van der Waals surface area contributed by atoms with E-state index >= 15 is 0 Å². The van der Waals surface area contributed by atoms with Gasteiger partial charge in [0.1, 0.15) is 5.76 Å². The van der Waals surface area contributed by atoms with E-state index in [0.717, 1.165) is 5.56 Å². The van der Waals surface area contributed by atoms with Gasteiger partial charge < -0.3 is 14.3 Å². The number of hydrogen-bond acceptors (Lipinski definition) is 4. The van der Waals surface area contributed by atoms with Crippen molar-refractivity contribution in [1.29, 1.82) is 0 Å². The SMILES string of the molecule is Cc1cc(C(=O)N2CCN(C(=O)CCc3ccc(Cl)cc3)CC2)no1. The molecule has 0 N–H and O–H groups in total. The van der Waals surface area contributed by atoms with Gasteiger partial charge in [-0.3, -0.25) is 9.59 Å². The second-order valence-electron chi connectivity index (χ2n) is 6.12. The van der Waals surface area contributed by atoms with Crippen LogP contribution in [0.4, 0.5) is 0 Å². The largest absolute Gasteiger partial charge is 0.361 e. The highest BCUT2D eigenvalue weighted by molar-refractivity contribution is 6.30. The molecule has 0 aliphatic carbocycles. The third kappa shape index (κ3) is 4.39. The van der Waals surface area contributed by atoms with Gasteiger partial charge >= 0.3 is 0 Å². The van der Waals surface area contributed by atoms with E-state index < -0.39 is 0 Å². The molecule has 2 aromatic rings. The van der Waals surface area contributed by atoms with Gasteiger partial charge in [0.25, 0.3) is 5.91 Å². The first kappa shape index (κ1) is 17.5. The predicted octanol–water partition coefficient (Wildman–Crippen LogP) is 2.55. The van der Waals surface area contributed by atoms with Gasteiger partial charge in [-0.2, -0.15) is 0 Å². The second kappa shape index (κ2) is 7.70. The molecule has 0 bridgehead atoms. The van der Waals surface area contributed by atoms with Gasteiger partial charge in [-0.1, -0.05) is 28.9 Å². The molecule has 2 amide bonds. The van der Waals surface area contributed by atoms with Crippen molar-refractivity contribution in [3.8, 4) is 0 Å². The molecule has 1 aromatic heterocycles. The molecule has 0 saturated carbocycles. The number of aryl methyl sites for hydroxylation is 2. The van der Waals surface area contributed by atoms with Crippen LogP contribution >= 0.6 is 11.6 Å². The maximum absolute atomic E-state index is 12.4.